The Morgan fingerprint density at radius 3 is 2.30 bits per heavy atom. The normalized spacial score (nSPS) is 22.9. The molecule has 2 aliphatic carbocycles. The third-order valence-corrected chi connectivity index (χ3v) is 11.4. The lowest BCUT2D eigenvalue weighted by Gasteiger charge is -2.48. The topological polar surface area (TPSA) is 126 Å². The Bertz CT molecular complexity index is 1810. The summed E-state index contributed by atoms with van der Waals surface area (Å²) in [5.74, 6) is -0.0711. The number of rotatable bonds is 9. The molecule has 2 atom stereocenters. The molecular weight excluding hydrogens is 664 g/mol. The van der Waals surface area contributed by atoms with Crippen LogP contribution in [0.25, 0.3) is 11.3 Å². The van der Waals surface area contributed by atoms with E-state index in [2.05, 4.69) is 10.2 Å². The van der Waals surface area contributed by atoms with Crippen LogP contribution >= 0.6 is 11.6 Å². The summed E-state index contributed by atoms with van der Waals surface area (Å²) in [5, 5.41) is 3.31. The first-order valence-electron chi connectivity index (χ1n) is 17.3. The number of amides is 1. The van der Waals surface area contributed by atoms with E-state index >= 15 is 0 Å². The lowest BCUT2D eigenvalue weighted by Crippen LogP contribution is -2.59. The third-order valence-electron chi connectivity index (χ3n) is 11.0. The van der Waals surface area contributed by atoms with Gasteiger partial charge < -0.3 is 33.4 Å². The highest BCUT2D eigenvalue weighted by atomic mass is 35.5. The van der Waals surface area contributed by atoms with Crippen molar-refractivity contribution in [3.8, 4) is 34.3 Å². The van der Waals surface area contributed by atoms with E-state index in [0.717, 1.165) is 38.8 Å². The highest BCUT2D eigenvalue weighted by Gasteiger charge is 2.63. The smallest absolute Gasteiger partial charge is 0.237 e. The molecule has 3 heterocycles. The first kappa shape index (κ1) is 34.4. The summed E-state index contributed by atoms with van der Waals surface area (Å²) >= 11 is 6.66. The Morgan fingerprint density at radius 1 is 0.960 bits per heavy atom. The number of benzene rings is 2. The minimum Gasteiger partial charge on any atom is -0.497 e. The van der Waals surface area contributed by atoms with E-state index < -0.39 is 23.1 Å². The van der Waals surface area contributed by atoms with Crippen LogP contribution in [0.4, 0.5) is 0 Å². The number of methoxy groups -OCH3 is 3. The summed E-state index contributed by atoms with van der Waals surface area (Å²) in [6, 6.07) is 8.75. The average Bonchev–Trinajstić information content (AvgIpc) is 3.66. The van der Waals surface area contributed by atoms with Crippen LogP contribution in [0.5, 0.6) is 23.0 Å². The second-order valence-corrected chi connectivity index (χ2v) is 14.1. The van der Waals surface area contributed by atoms with Gasteiger partial charge in [-0.15, -0.1) is 0 Å². The number of carbonyl (C=O) groups is 3. The molecule has 2 aliphatic heterocycles. The molecule has 266 valence electrons. The lowest BCUT2D eigenvalue weighted by molar-refractivity contribution is -0.121. The zero-order valence-corrected chi connectivity index (χ0v) is 29.7. The fourth-order valence-electron chi connectivity index (χ4n) is 8.31. The maximum atomic E-state index is 14.9. The van der Waals surface area contributed by atoms with Gasteiger partial charge in [-0.05, 0) is 37.1 Å². The Balaban J connectivity index is 1.26. The Labute approximate surface area is 296 Å². The number of nitrogens with zero attached hydrogens (tertiary/aromatic N) is 1. The van der Waals surface area contributed by atoms with Crippen molar-refractivity contribution < 1.29 is 42.5 Å². The molecule has 7 rings (SSSR count). The van der Waals surface area contributed by atoms with Gasteiger partial charge in [-0.3, -0.25) is 19.3 Å². The fourth-order valence-corrected chi connectivity index (χ4v) is 8.58. The molecule has 1 N–H and O–H groups in total. The molecule has 3 aromatic rings. The van der Waals surface area contributed by atoms with E-state index in [-0.39, 0.29) is 57.7 Å². The maximum absolute atomic E-state index is 14.9. The van der Waals surface area contributed by atoms with Crippen molar-refractivity contribution in [1.29, 1.82) is 0 Å². The number of Topliss-reactive ketones (excluding diaryl/α,β-unsaturated/α-hetero) is 2. The summed E-state index contributed by atoms with van der Waals surface area (Å²) in [7, 11) is 4.45. The van der Waals surface area contributed by atoms with Crippen molar-refractivity contribution in [2.45, 2.75) is 63.0 Å². The molecule has 1 saturated carbocycles. The summed E-state index contributed by atoms with van der Waals surface area (Å²) in [6.07, 6.45) is 5.48. The summed E-state index contributed by atoms with van der Waals surface area (Å²) < 4.78 is 34.8. The largest absolute Gasteiger partial charge is 0.497 e. The van der Waals surface area contributed by atoms with Crippen molar-refractivity contribution in [2.24, 2.45) is 5.92 Å². The van der Waals surface area contributed by atoms with Gasteiger partial charge in [-0.25, -0.2) is 0 Å². The summed E-state index contributed by atoms with van der Waals surface area (Å²) in [5.41, 5.74) is -0.726. The molecule has 12 heteroatoms. The van der Waals surface area contributed by atoms with Gasteiger partial charge in [0.05, 0.1) is 46.5 Å². The Hall–Kier alpha value is -4.06. The van der Waals surface area contributed by atoms with Crippen LogP contribution < -0.4 is 24.3 Å². The SMILES string of the molecule is COc1ccc(-c2oc3c(c2CC(=O)NCC2(N4CCOCC4)CCCCC2)C(=O)[C@@]2(Oc4c(Cl)c(OC)cc(OC)c4C2=O)[C@H](C)C3)cc1. The van der Waals surface area contributed by atoms with Gasteiger partial charge in [-0.2, -0.15) is 0 Å². The maximum Gasteiger partial charge on any atom is 0.237 e. The second-order valence-electron chi connectivity index (χ2n) is 13.7. The number of ketones is 2. The zero-order valence-electron chi connectivity index (χ0n) is 28.9. The van der Waals surface area contributed by atoms with Gasteiger partial charge in [0.25, 0.3) is 0 Å². The molecule has 50 heavy (non-hydrogen) atoms. The number of nitrogens with one attached hydrogen (secondary N) is 1. The average molecular weight is 707 g/mol. The third kappa shape index (κ3) is 5.54. The van der Waals surface area contributed by atoms with Crippen LogP contribution in [0.1, 0.15) is 71.1 Å². The number of halogens is 1. The predicted molar refractivity (Wildman–Crippen MR) is 185 cm³/mol. The van der Waals surface area contributed by atoms with Gasteiger partial charge in [0, 0.05) is 54.7 Å². The number of carbonyl (C=O) groups excluding carboxylic acids is 3. The molecule has 11 nitrogen and oxygen atoms in total. The van der Waals surface area contributed by atoms with Crippen molar-refractivity contribution in [3.63, 3.8) is 0 Å². The molecule has 1 saturated heterocycles. The summed E-state index contributed by atoms with van der Waals surface area (Å²) in [4.78, 5) is 45.8. The van der Waals surface area contributed by atoms with E-state index in [1.807, 2.05) is 12.1 Å². The lowest BCUT2D eigenvalue weighted by atomic mass is 9.70. The van der Waals surface area contributed by atoms with Crippen LogP contribution in [-0.2, 0) is 22.4 Å². The van der Waals surface area contributed by atoms with Gasteiger partial charge in [0.15, 0.2) is 5.75 Å². The molecule has 2 fully saturated rings. The van der Waals surface area contributed by atoms with Crippen LogP contribution in [-0.4, -0.2) is 87.7 Å². The molecule has 0 unspecified atom stereocenters. The van der Waals surface area contributed by atoms with E-state index in [9.17, 15) is 14.4 Å². The molecule has 4 aliphatic rings. The minimum absolute atomic E-state index is 0.0376. The molecular formula is C38H43ClN2O9. The standard InChI is InChI=1S/C38H43ClN2O9/c1-22-18-27-30(35(43)38(22)36(44)31-26(46-3)20-28(47-4)32(39)34(31)50-38)25(33(49-27)23-8-10-24(45-2)11-9-23)19-29(42)40-21-37(12-6-5-7-13-37)41-14-16-48-17-15-41/h8-11,20,22H,5-7,12-19,21H2,1-4H3,(H,40,42)/t22-,38+/m1/s1. The molecule has 1 spiro atoms. The van der Waals surface area contributed by atoms with E-state index in [0.29, 0.717) is 48.2 Å². The highest BCUT2D eigenvalue weighted by molar-refractivity contribution is 6.36. The quantitative estimate of drug-likeness (QED) is 0.277. The summed E-state index contributed by atoms with van der Waals surface area (Å²) in [6.45, 7) is 5.30. The first-order valence-corrected chi connectivity index (χ1v) is 17.7. The molecule has 1 aromatic heterocycles. The highest BCUT2D eigenvalue weighted by Crippen LogP contribution is 2.54. The van der Waals surface area contributed by atoms with Crippen molar-refractivity contribution in [3.05, 3.63) is 57.8 Å². The van der Waals surface area contributed by atoms with Crippen LogP contribution in [0, 0.1) is 5.92 Å². The molecule has 0 radical (unpaired) electrons. The number of ether oxygens (including phenoxy) is 5. The van der Waals surface area contributed by atoms with Gasteiger partial charge >= 0.3 is 0 Å². The number of hydrogen-bond acceptors (Lipinski definition) is 10. The first-order chi connectivity index (χ1) is 24.2. The van der Waals surface area contributed by atoms with Gasteiger partial charge in [0.2, 0.25) is 23.1 Å². The van der Waals surface area contributed by atoms with Crippen molar-refractivity contribution in [1.82, 2.24) is 10.2 Å². The fraction of sp³-hybridized carbons (Fsp3) is 0.500. The van der Waals surface area contributed by atoms with E-state index in [1.165, 1.54) is 26.7 Å². The zero-order chi connectivity index (χ0) is 35.2. The number of furan rings is 1. The van der Waals surface area contributed by atoms with Crippen LogP contribution in [0.15, 0.2) is 34.7 Å². The van der Waals surface area contributed by atoms with Crippen LogP contribution in [0.2, 0.25) is 5.02 Å². The van der Waals surface area contributed by atoms with Gasteiger partial charge in [0.1, 0.15) is 39.4 Å². The molecule has 2 aromatic carbocycles. The Kier molecular flexibility index (Phi) is 9.34. The number of hydrogen-bond donors (Lipinski definition) is 1. The molecule has 1 amide bonds. The Morgan fingerprint density at radius 2 is 1.64 bits per heavy atom. The van der Waals surface area contributed by atoms with E-state index in [4.69, 9.17) is 39.7 Å². The van der Waals surface area contributed by atoms with Crippen molar-refractivity contribution in [2.75, 3.05) is 54.2 Å². The van der Waals surface area contributed by atoms with Crippen LogP contribution in [0.3, 0.4) is 0 Å². The van der Waals surface area contributed by atoms with E-state index in [1.54, 1.807) is 26.2 Å². The van der Waals surface area contributed by atoms with Gasteiger partial charge in [-0.1, -0.05) is 37.8 Å². The monoisotopic (exact) mass is 706 g/mol. The second kappa shape index (κ2) is 13.6. The molecule has 0 bridgehead atoms. The van der Waals surface area contributed by atoms with Crippen molar-refractivity contribution >= 4 is 29.1 Å². The minimum atomic E-state index is -1.94. The number of fused-ring (bicyclic) bond motifs is 2. The predicted octanol–water partition coefficient (Wildman–Crippen LogP) is 5.71. The number of morpholine rings is 1.